The number of benzene rings is 1. The normalized spacial score (nSPS) is 14.4. The molecule has 0 bridgehead atoms. The van der Waals surface area contributed by atoms with Crippen LogP contribution in [0.4, 0.5) is 10.1 Å². The molecular weight excluding hydrogens is 165 g/mol. The van der Waals surface area contributed by atoms with Gasteiger partial charge >= 0.3 is 0 Å². The van der Waals surface area contributed by atoms with E-state index in [1.54, 1.807) is 6.07 Å². The van der Waals surface area contributed by atoms with Gasteiger partial charge < -0.3 is 5.32 Å². The molecule has 0 saturated carbocycles. The zero-order valence-corrected chi connectivity index (χ0v) is 6.58. The third kappa shape index (κ3) is 0.979. The van der Waals surface area contributed by atoms with E-state index in [0.717, 1.165) is 18.5 Å². The van der Waals surface area contributed by atoms with Gasteiger partial charge in [0, 0.05) is 11.6 Å². The zero-order valence-electron chi connectivity index (χ0n) is 5.82. The van der Waals surface area contributed by atoms with Gasteiger partial charge in [0.05, 0.1) is 5.69 Å². The third-order valence-corrected chi connectivity index (χ3v) is 2.24. The van der Waals surface area contributed by atoms with Gasteiger partial charge in [0.25, 0.3) is 0 Å². The second-order valence-corrected chi connectivity index (χ2v) is 2.97. The van der Waals surface area contributed by atoms with Crippen molar-refractivity contribution in [1.29, 1.82) is 0 Å². The quantitative estimate of drug-likeness (QED) is 0.632. The van der Waals surface area contributed by atoms with E-state index in [2.05, 4.69) is 5.32 Å². The number of halogens is 2. The molecule has 0 saturated heterocycles. The molecule has 3 heteroatoms. The fourth-order valence-electron chi connectivity index (χ4n) is 1.34. The van der Waals surface area contributed by atoms with Crippen molar-refractivity contribution < 1.29 is 4.39 Å². The van der Waals surface area contributed by atoms with Crippen molar-refractivity contribution >= 4 is 17.3 Å². The van der Waals surface area contributed by atoms with E-state index in [1.165, 1.54) is 6.07 Å². The Bertz CT molecular complexity index is 269. The molecule has 0 fully saturated rings. The molecule has 1 aliphatic rings. The Labute approximate surface area is 69.2 Å². The van der Waals surface area contributed by atoms with Crippen LogP contribution in [0, 0.1) is 5.82 Å². The standard InChI is InChI=1S/C8H7ClFN/c9-6-1-2-7(10)8-5(6)3-4-11-8/h1-2,11H,3-4H2. The van der Waals surface area contributed by atoms with E-state index in [4.69, 9.17) is 11.6 Å². The minimum absolute atomic E-state index is 0.207. The number of rotatable bonds is 0. The fraction of sp³-hybridized carbons (Fsp3) is 0.250. The predicted octanol–water partition coefficient (Wildman–Crippen LogP) is 2.45. The maximum atomic E-state index is 12.9. The van der Waals surface area contributed by atoms with E-state index in [0.29, 0.717) is 10.7 Å². The summed E-state index contributed by atoms with van der Waals surface area (Å²) in [5.74, 6) is -0.207. The molecule has 0 unspecified atom stereocenters. The predicted molar refractivity (Wildman–Crippen MR) is 43.6 cm³/mol. The molecule has 1 aromatic rings. The molecule has 1 N–H and O–H groups in total. The topological polar surface area (TPSA) is 12.0 Å². The summed E-state index contributed by atoms with van der Waals surface area (Å²) in [5, 5.41) is 3.61. The van der Waals surface area contributed by atoms with Crippen molar-refractivity contribution in [2.24, 2.45) is 0 Å². The molecular formula is C8H7ClFN. The van der Waals surface area contributed by atoms with Gasteiger partial charge in [0.2, 0.25) is 0 Å². The Morgan fingerprint density at radius 1 is 1.45 bits per heavy atom. The van der Waals surface area contributed by atoms with Gasteiger partial charge in [-0.15, -0.1) is 0 Å². The molecule has 0 amide bonds. The Morgan fingerprint density at radius 2 is 2.27 bits per heavy atom. The summed E-state index contributed by atoms with van der Waals surface area (Å²) in [6.45, 7) is 0.788. The lowest BCUT2D eigenvalue weighted by molar-refractivity contribution is 0.631. The first-order valence-electron chi connectivity index (χ1n) is 3.50. The summed E-state index contributed by atoms with van der Waals surface area (Å²) in [6, 6.07) is 2.99. The largest absolute Gasteiger partial charge is 0.382 e. The maximum absolute atomic E-state index is 12.9. The third-order valence-electron chi connectivity index (χ3n) is 1.88. The second kappa shape index (κ2) is 2.38. The van der Waals surface area contributed by atoms with Crippen molar-refractivity contribution in [3.63, 3.8) is 0 Å². The Kier molecular flexibility index (Phi) is 1.50. The van der Waals surface area contributed by atoms with Crippen LogP contribution >= 0.6 is 11.6 Å². The first kappa shape index (κ1) is 6.92. The average molecular weight is 172 g/mol. The highest BCUT2D eigenvalue weighted by molar-refractivity contribution is 6.31. The number of hydrogen-bond donors (Lipinski definition) is 1. The lowest BCUT2D eigenvalue weighted by Crippen LogP contribution is -1.92. The van der Waals surface area contributed by atoms with Crippen LogP contribution in [0.15, 0.2) is 12.1 Å². The molecule has 1 aromatic carbocycles. The van der Waals surface area contributed by atoms with Gasteiger partial charge in [-0.05, 0) is 24.1 Å². The molecule has 11 heavy (non-hydrogen) atoms. The lowest BCUT2D eigenvalue weighted by atomic mass is 10.1. The smallest absolute Gasteiger partial charge is 0.146 e. The highest BCUT2D eigenvalue weighted by Crippen LogP contribution is 2.31. The van der Waals surface area contributed by atoms with Crippen LogP contribution in [0.25, 0.3) is 0 Å². The van der Waals surface area contributed by atoms with Crippen LogP contribution in [-0.2, 0) is 6.42 Å². The Morgan fingerprint density at radius 3 is 3.00 bits per heavy atom. The van der Waals surface area contributed by atoms with Gasteiger partial charge in [-0.3, -0.25) is 0 Å². The highest BCUT2D eigenvalue weighted by Gasteiger charge is 2.16. The van der Waals surface area contributed by atoms with Crippen LogP contribution < -0.4 is 5.32 Å². The van der Waals surface area contributed by atoms with Gasteiger partial charge in [0.15, 0.2) is 0 Å². The van der Waals surface area contributed by atoms with Crippen molar-refractivity contribution in [3.8, 4) is 0 Å². The summed E-state index contributed by atoms with van der Waals surface area (Å²) in [6.07, 6.45) is 0.825. The summed E-state index contributed by atoms with van der Waals surface area (Å²) < 4.78 is 12.9. The number of hydrogen-bond acceptors (Lipinski definition) is 1. The minimum Gasteiger partial charge on any atom is -0.382 e. The van der Waals surface area contributed by atoms with Crippen molar-refractivity contribution in [1.82, 2.24) is 0 Å². The Balaban J connectivity index is 2.64. The fourth-order valence-corrected chi connectivity index (χ4v) is 1.59. The SMILES string of the molecule is Fc1ccc(Cl)c2c1NCC2. The molecule has 0 aliphatic carbocycles. The Hall–Kier alpha value is -0.760. The number of fused-ring (bicyclic) bond motifs is 1. The first-order chi connectivity index (χ1) is 5.29. The van der Waals surface area contributed by atoms with Crippen LogP contribution in [0.5, 0.6) is 0 Å². The molecule has 0 atom stereocenters. The minimum atomic E-state index is -0.207. The lowest BCUT2D eigenvalue weighted by Gasteiger charge is -2.01. The van der Waals surface area contributed by atoms with E-state index in [1.807, 2.05) is 0 Å². The summed E-state index contributed by atoms with van der Waals surface area (Å²) >= 11 is 5.83. The van der Waals surface area contributed by atoms with Crippen LogP contribution in [0.2, 0.25) is 5.02 Å². The van der Waals surface area contributed by atoms with Gasteiger partial charge in [-0.25, -0.2) is 4.39 Å². The molecule has 1 aliphatic heterocycles. The molecule has 1 heterocycles. The van der Waals surface area contributed by atoms with Crippen molar-refractivity contribution in [2.75, 3.05) is 11.9 Å². The second-order valence-electron chi connectivity index (χ2n) is 2.56. The molecule has 2 rings (SSSR count). The first-order valence-corrected chi connectivity index (χ1v) is 3.87. The molecule has 58 valence electrons. The van der Waals surface area contributed by atoms with Crippen molar-refractivity contribution in [3.05, 3.63) is 28.5 Å². The summed E-state index contributed by atoms with van der Waals surface area (Å²) in [5.41, 5.74) is 1.49. The van der Waals surface area contributed by atoms with E-state index >= 15 is 0 Å². The van der Waals surface area contributed by atoms with Crippen LogP contribution in [-0.4, -0.2) is 6.54 Å². The summed E-state index contributed by atoms with van der Waals surface area (Å²) in [4.78, 5) is 0. The number of anilines is 1. The molecule has 0 aromatic heterocycles. The van der Waals surface area contributed by atoms with E-state index in [-0.39, 0.29) is 5.82 Å². The molecule has 0 spiro atoms. The highest BCUT2D eigenvalue weighted by atomic mass is 35.5. The van der Waals surface area contributed by atoms with Gasteiger partial charge in [-0.2, -0.15) is 0 Å². The monoisotopic (exact) mass is 171 g/mol. The maximum Gasteiger partial charge on any atom is 0.146 e. The van der Waals surface area contributed by atoms with Crippen LogP contribution in [0.3, 0.4) is 0 Å². The van der Waals surface area contributed by atoms with Crippen molar-refractivity contribution in [2.45, 2.75) is 6.42 Å². The molecule has 0 radical (unpaired) electrons. The van der Waals surface area contributed by atoms with Gasteiger partial charge in [-0.1, -0.05) is 11.6 Å². The van der Waals surface area contributed by atoms with E-state index in [9.17, 15) is 4.39 Å². The van der Waals surface area contributed by atoms with E-state index < -0.39 is 0 Å². The summed E-state index contributed by atoms with van der Waals surface area (Å²) in [7, 11) is 0. The zero-order chi connectivity index (χ0) is 7.84. The van der Waals surface area contributed by atoms with Gasteiger partial charge in [0.1, 0.15) is 5.82 Å². The molecule has 1 nitrogen and oxygen atoms in total. The average Bonchev–Trinajstić information content (AvgIpc) is 2.45. The van der Waals surface area contributed by atoms with Crippen LogP contribution in [0.1, 0.15) is 5.56 Å². The number of nitrogens with one attached hydrogen (secondary N) is 1.